The van der Waals surface area contributed by atoms with Crippen molar-refractivity contribution in [1.82, 2.24) is 0 Å². The molecule has 6 heteroatoms. The molecule has 0 saturated carbocycles. The average molecular weight is 295 g/mol. The van der Waals surface area contributed by atoms with E-state index in [0.29, 0.717) is 6.42 Å². The Morgan fingerprint density at radius 3 is 2.45 bits per heavy atom. The molecule has 2 N–H and O–H groups in total. The molecule has 106 valence electrons. The van der Waals surface area contributed by atoms with Gasteiger partial charge in [-0.15, -0.1) is 0 Å². The SMILES string of the molecule is O=S(=O)(CCc1ccccc1)Nc1ccc(O)c(F)c1. The Labute approximate surface area is 116 Å². The number of phenolic OH excluding ortho intramolecular Hbond substituents is 1. The van der Waals surface area contributed by atoms with Crippen LogP contribution in [0.15, 0.2) is 48.5 Å². The van der Waals surface area contributed by atoms with E-state index < -0.39 is 21.6 Å². The maximum Gasteiger partial charge on any atom is 0.233 e. The number of sulfonamides is 1. The smallest absolute Gasteiger partial charge is 0.233 e. The van der Waals surface area contributed by atoms with Crippen LogP contribution in [-0.2, 0) is 16.4 Å². The van der Waals surface area contributed by atoms with Gasteiger partial charge in [-0.3, -0.25) is 4.72 Å². The van der Waals surface area contributed by atoms with Gasteiger partial charge in [-0.1, -0.05) is 30.3 Å². The van der Waals surface area contributed by atoms with Crippen molar-refractivity contribution in [1.29, 1.82) is 0 Å². The maximum atomic E-state index is 13.1. The number of benzene rings is 2. The summed E-state index contributed by atoms with van der Waals surface area (Å²) >= 11 is 0. The predicted molar refractivity (Wildman–Crippen MR) is 75.6 cm³/mol. The topological polar surface area (TPSA) is 66.4 Å². The highest BCUT2D eigenvalue weighted by molar-refractivity contribution is 7.92. The van der Waals surface area contributed by atoms with Crippen molar-refractivity contribution in [3.63, 3.8) is 0 Å². The van der Waals surface area contributed by atoms with Crippen LogP contribution in [0, 0.1) is 5.82 Å². The normalized spacial score (nSPS) is 11.2. The number of phenols is 1. The van der Waals surface area contributed by atoms with Crippen LogP contribution in [0.25, 0.3) is 0 Å². The monoisotopic (exact) mass is 295 g/mol. The Hall–Kier alpha value is -2.08. The molecule has 0 bridgehead atoms. The van der Waals surface area contributed by atoms with Crippen LogP contribution in [-0.4, -0.2) is 19.3 Å². The lowest BCUT2D eigenvalue weighted by atomic mass is 10.2. The van der Waals surface area contributed by atoms with E-state index in [1.165, 1.54) is 6.07 Å². The van der Waals surface area contributed by atoms with Crippen molar-refractivity contribution >= 4 is 15.7 Å². The van der Waals surface area contributed by atoms with Crippen molar-refractivity contribution in [2.75, 3.05) is 10.5 Å². The minimum Gasteiger partial charge on any atom is -0.505 e. The molecule has 2 aromatic carbocycles. The number of aryl methyl sites for hydroxylation is 1. The highest BCUT2D eigenvalue weighted by Gasteiger charge is 2.12. The summed E-state index contributed by atoms with van der Waals surface area (Å²) in [5.74, 6) is -1.48. The molecule has 2 aromatic rings. The minimum absolute atomic E-state index is 0.0911. The summed E-state index contributed by atoms with van der Waals surface area (Å²) in [6, 6.07) is 12.6. The predicted octanol–water partition coefficient (Wildman–Crippen LogP) is 2.52. The Bertz CT molecular complexity index is 687. The number of hydrogen-bond donors (Lipinski definition) is 2. The second-order valence-corrected chi connectivity index (χ2v) is 6.16. The highest BCUT2D eigenvalue weighted by atomic mass is 32.2. The van der Waals surface area contributed by atoms with Gasteiger partial charge in [0, 0.05) is 6.07 Å². The van der Waals surface area contributed by atoms with E-state index in [0.717, 1.165) is 17.7 Å². The molecule has 0 saturated heterocycles. The molecule has 4 nitrogen and oxygen atoms in total. The molecule has 0 spiro atoms. The van der Waals surface area contributed by atoms with Crippen LogP contribution in [0.4, 0.5) is 10.1 Å². The van der Waals surface area contributed by atoms with Crippen LogP contribution in [0.3, 0.4) is 0 Å². The standard InChI is InChI=1S/C14H14FNO3S/c15-13-10-12(6-7-14(13)17)16-20(18,19)9-8-11-4-2-1-3-5-11/h1-7,10,16-17H,8-9H2. The van der Waals surface area contributed by atoms with Gasteiger partial charge in [-0.25, -0.2) is 12.8 Å². The fourth-order valence-electron chi connectivity index (χ4n) is 1.70. The van der Waals surface area contributed by atoms with Crippen LogP contribution >= 0.6 is 0 Å². The molecule has 0 fully saturated rings. The van der Waals surface area contributed by atoms with Crippen LogP contribution in [0.2, 0.25) is 0 Å². The van der Waals surface area contributed by atoms with Gasteiger partial charge in [0.05, 0.1) is 11.4 Å². The first-order chi connectivity index (χ1) is 9.46. The van der Waals surface area contributed by atoms with Gasteiger partial charge < -0.3 is 5.11 Å². The summed E-state index contributed by atoms with van der Waals surface area (Å²) < 4.78 is 39.1. The van der Waals surface area contributed by atoms with Gasteiger partial charge >= 0.3 is 0 Å². The fraction of sp³-hybridized carbons (Fsp3) is 0.143. The first-order valence-electron chi connectivity index (χ1n) is 5.99. The number of aromatic hydroxyl groups is 1. The molecule has 0 aliphatic heterocycles. The van der Waals surface area contributed by atoms with E-state index >= 15 is 0 Å². The first-order valence-corrected chi connectivity index (χ1v) is 7.64. The van der Waals surface area contributed by atoms with Gasteiger partial charge in [0.15, 0.2) is 11.6 Å². The number of halogens is 1. The van der Waals surface area contributed by atoms with Crippen molar-refractivity contribution in [2.45, 2.75) is 6.42 Å². The van der Waals surface area contributed by atoms with Crippen molar-refractivity contribution in [2.24, 2.45) is 0 Å². The zero-order valence-corrected chi connectivity index (χ0v) is 11.4. The number of rotatable bonds is 5. The van der Waals surface area contributed by atoms with Crippen LogP contribution < -0.4 is 4.72 Å². The minimum atomic E-state index is -3.56. The number of anilines is 1. The van der Waals surface area contributed by atoms with Gasteiger partial charge in [-0.2, -0.15) is 0 Å². The zero-order valence-electron chi connectivity index (χ0n) is 10.6. The summed E-state index contributed by atoms with van der Waals surface area (Å²) in [4.78, 5) is 0. The summed E-state index contributed by atoms with van der Waals surface area (Å²) in [7, 11) is -3.56. The molecule has 0 amide bonds. The van der Waals surface area contributed by atoms with E-state index in [-0.39, 0.29) is 11.4 Å². The van der Waals surface area contributed by atoms with E-state index in [1.54, 1.807) is 0 Å². The molecule has 0 aliphatic carbocycles. The summed E-state index contributed by atoms with van der Waals surface area (Å²) in [6.45, 7) is 0. The zero-order chi connectivity index (χ0) is 14.6. The van der Waals surface area contributed by atoms with E-state index in [1.807, 2.05) is 30.3 Å². The Morgan fingerprint density at radius 2 is 1.80 bits per heavy atom. The second-order valence-electron chi connectivity index (χ2n) is 4.32. The van der Waals surface area contributed by atoms with Crippen LogP contribution in [0.1, 0.15) is 5.56 Å². The third-order valence-corrected chi connectivity index (χ3v) is 4.01. The Kier molecular flexibility index (Phi) is 4.24. The quantitative estimate of drug-likeness (QED) is 0.833. The van der Waals surface area contributed by atoms with Gasteiger partial charge in [0.2, 0.25) is 10.0 Å². The van der Waals surface area contributed by atoms with Crippen molar-refractivity contribution in [3.05, 3.63) is 59.9 Å². The lowest BCUT2D eigenvalue weighted by Gasteiger charge is -2.08. The lowest BCUT2D eigenvalue weighted by molar-refractivity contribution is 0.432. The Morgan fingerprint density at radius 1 is 1.10 bits per heavy atom. The number of nitrogens with one attached hydrogen (secondary N) is 1. The molecule has 0 atom stereocenters. The summed E-state index contributed by atoms with van der Waals surface area (Å²) in [5.41, 5.74) is 1.00. The second kappa shape index (κ2) is 5.92. The third kappa shape index (κ3) is 3.96. The lowest BCUT2D eigenvalue weighted by Crippen LogP contribution is -2.18. The molecule has 20 heavy (non-hydrogen) atoms. The van der Waals surface area contributed by atoms with E-state index in [4.69, 9.17) is 5.11 Å². The first kappa shape index (κ1) is 14.3. The highest BCUT2D eigenvalue weighted by Crippen LogP contribution is 2.20. The van der Waals surface area contributed by atoms with E-state index in [9.17, 15) is 12.8 Å². The summed E-state index contributed by atoms with van der Waals surface area (Å²) in [6.07, 6.45) is 0.372. The number of hydrogen-bond acceptors (Lipinski definition) is 3. The molecule has 0 radical (unpaired) electrons. The maximum absolute atomic E-state index is 13.1. The van der Waals surface area contributed by atoms with Gasteiger partial charge in [0.1, 0.15) is 0 Å². The molecule has 0 aromatic heterocycles. The average Bonchev–Trinajstić information content (AvgIpc) is 2.42. The van der Waals surface area contributed by atoms with Crippen molar-refractivity contribution in [3.8, 4) is 5.75 Å². The molecule has 0 aliphatic rings. The van der Waals surface area contributed by atoms with Gasteiger partial charge in [-0.05, 0) is 24.1 Å². The third-order valence-electron chi connectivity index (χ3n) is 2.72. The molecular weight excluding hydrogens is 281 g/mol. The largest absolute Gasteiger partial charge is 0.505 e. The fourth-order valence-corrected chi connectivity index (χ4v) is 2.79. The Balaban J connectivity index is 2.02. The molecule has 0 unspecified atom stereocenters. The molecular formula is C14H14FNO3S. The van der Waals surface area contributed by atoms with Crippen molar-refractivity contribution < 1.29 is 17.9 Å². The van der Waals surface area contributed by atoms with Gasteiger partial charge in [0.25, 0.3) is 0 Å². The summed E-state index contributed by atoms with van der Waals surface area (Å²) in [5, 5.41) is 9.04. The van der Waals surface area contributed by atoms with Crippen LogP contribution in [0.5, 0.6) is 5.75 Å². The molecule has 2 rings (SSSR count). The van der Waals surface area contributed by atoms with E-state index in [2.05, 4.69) is 4.72 Å². The molecule has 0 heterocycles.